The van der Waals surface area contributed by atoms with E-state index < -0.39 is 0 Å². The molecule has 1 aromatic heterocycles. The number of ether oxygens (including phenoxy) is 1. The van der Waals surface area contributed by atoms with E-state index in [4.69, 9.17) is 10.5 Å². The van der Waals surface area contributed by atoms with Gasteiger partial charge in [0.2, 0.25) is 6.41 Å². The van der Waals surface area contributed by atoms with Crippen molar-refractivity contribution in [1.82, 2.24) is 14.9 Å². The van der Waals surface area contributed by atoms with Gasteiger partial charge in [0.15, 0.2) is 11.6 Å². The van der Waals surface area contributed by atoms with E-state index in [0.29, 0.717) is 37.6 Å². The van der Waals surface area contributed by atoms with Crippen molar-refractivity contribution in [3.05, 3.63) is 35.4 Å². The summed E-state index contributed by atoms with van der Waals surface area (Å²) in [4.78, 5) is 24.5. The second-order valence-corrected chi connectivity index (χ2v) is 7.87. The molecule has 3 N–H and O–H groups in total. The van der Waals surface area contributed by atoms with Gasteiger partial charge in [0.05, 0.1) is 6.61 Å². The quantitative estimate of drug-likeness (QED) is 0.396. The summed E-state index contributed by atoms with van der Waals surface area (Å²) < 4.78 is 5.68. The molecule has 0 saturated carbocycles. The van der Waals surface area contributed by atoms with Gasteiger partial charge in [0.25, 0.3) is 0 Å². The number of nitrogens with two attached hydrogens (primary N) is 1. The highest BCUT2D eigenvalue weighted by Crippen LogP contribution is 2.31. The minimum Gasteiger partial charge on any atom is -0.463 e. The molecule has 0 radical (unpaired) electrons. The minimum absolute atomic E-state index is 0.197. The maximum atomic E-state index is 11.1. The number of hydrogen-bond donors (Lipinski definition) is 2. The summed E-state index contributed by atoms with van der Waals surface area (Å²) in [5, 5.41) is 2.66. The number of nitrogens with one attached hydrogen (secondary N) is 1. The Kier molecular flexibility index (Phi) is 8.46. The molecule has 1 fully saturated rings. The zero-order valence-electron chi connectivity index (χ0n) is 18.6. The Balaban J connectivity index is 1.77. The van der Waals surface area contributed by atoms with Crippen LogP contribution in [0.15, 0.2) is 24.3 Å². The highest BCUT2D eigenvalue weighted by Gasteiger charge is 2.19. The van der Waals surface area contributed by atoms with Crippen molar-refractivity contribution in [3.8, 4) is 6.01 Å². The van der Waals surface area contributed by atoms with Crippen LogP contribution in [-0.2, 0) is 17.9 Å². The fourth-order valence-electron chi connectivity index (χ4n) is 3.75. The maximum absolute atomic E-state index is 11.1. The summed E-state index contributed by atoms with van der Waals surface area (Å²) >= 11 is 0. The van der Waals surface area contributed by atoms with E-state index in [1.807, 2.05) is 6.92 Å². The van der Waals surface area contributed by atoms with Crippen LogP contribution in [0.1, 0.15) is 50.7 Å². The van der Waals surface area contributed by atoms with Crippen LogP contribution in [0.2, 0.25) is 0 Å². The van der Waals surface area contributed by atoms with Crippen LogP contribution in [0.3, 0.4) is 0 Å². The third-order valence-corrected chi connectivity index (χ3v) is 5.51. The van der Waals surface area contributed by atoms with Gasteiger partial charge < -0.3 is 20.7 Å². The minimum atomic E-state index is 0.197. The zero-order chi connectivity index (χ0) is 22.1. The van der Waals surface area contributed by atoms with Gasteiger partial charge in [-0.25, -0.2) is 0 Å². The number of aromatic nitrogens is 2. The fraction of sp³-hybridized carbons (Fsp3) is 0.522. The zero-order valence-corrected chi connectivity index (χ0v) is 18.6. The van der Waals surface area contributed by atoms with E-state index in [0.717, 1.165) is 24.9 Å². The van der Waals surface area contributed by atoms with E-state index in [2.05, 4.69) is 56.3 Å². The largest absolute Gasteiger partial charge is 0.463 e. The number of hydrogen-bond acceptors (Lipinski definition) is 7. The number of nitrogens with zero attached hydrogens (tertiary/aromatic N) is 4. The van der Waals surface area contributed by atoms with Crippen molar-refractivity contribution in [1.29, 1.82) is 0 Å². The molecule has 1 saturated heterocycles. The van der Waals surface area contributed by atoms with Crippen molar-refractivity contribution in [2.24, 2.45) is 0 Å². The van der Waals surface area contributed by atoms with Gasteiger partial charge in [-0.1, -0.05) is 37.6 Å². The maximum Gasteiger partial charge on any atom is 0.320 e. The third-order valence-electron chi connectivity index (χ3n) is 5.51. The van der Waals surface area contributed by atoms with Crippen LogP contribution in [0.5, 0.6) is 6.01 Å². The Morgan fingerprint density at radius 1 is 1.16 bits per heavy atom. The molecule has 168 valence electrons. The molecule has 8 nitrogen and oxygen atoms in total. The number of rotatable bonds is 12. The van der Waals surface area contributed by atoms with E-state index >= 15 is 0 Å². The van der Waals surface area contributed by atoms with Crippen molar-refractivity contribution < 1.29 is 9.53 Å². The van der Waals surface area contributed by atoms with Crippen LogP contribution in [0.25, 0.3) is 0 Å². The number of amides is 1. The van der Waals surface area contributed by atoms with E-state index in [1.54, 1.807) is 0 Å². The molecule has 0 spiro atoms. The Hall–Kier alpha value is -2.87. The van der Waals surface area contributed by atoms with Gasteiger partial charge in [-0.15, -0.1) is 0 Å². The van der Waals surface area contributed by atoms with Crippen LogP contribution in [0, 0.1) is 0 Å². The summed E-state index contributed by atoms with van der Waals surface area (Å²) in [6.07, 6.45) is 5.12. The van der Waals surface area contributed by atoms with Crippen LogP contribution in [-0.4, -0.2) is 47.5 Å². The average Bonchev–Trinajstić information content (AvgIpc) is 3.28. The monoisotopic (exact) mass is 426 g/mol. The average molecular weight is 427 g/mol. The number of carbonyl (C=O) groups is 1. The fourth-order valence-corrected chi connectivity index (χ4v) is 3.75. The molecule has 0 atom stereocenters. The number of likely N-dealkylation sites (tertiary alicyclic amines) is 1. The van der Waals surface area contributed by atoms with Gasteiger partial charge in [-0.2, -0.15) is 9.97 Å². The van der Waals surface area contributed by atoms with Crippen molar-refractivity contribution >= 4 is 23.7 Å². The second-order valence-electron chi connectivity index (χ2n) is 7.87. The van der Waals surface area contributed by atoms with Crippen LogP contribution < -0.4 is 20.7 Å². The van der Waals surface area contributed by atoms with Gasteiger partial charge in [-0.05, 0) is 50.4 Å². The molecule has 1 aromatic carbocycles. The number of unbranched alkanes of at least 4 members (excludes halogenated alkanes) is 1. The molecule has 2 heterocycles. The molecule has 1 aliphatic rings. The molecular weight excluding hydrogens is 392 g/mol. The summed E-state index contributed by atoms with van der Waals surface area (Å²) in [6.45, 7) is 9.38. The Labute approximate surface area is 184 Å². The second kappa shape index (κ2) is 11.5. The van der Waals surface area contributed by atoms with Crippen molar-refractivity contribution in [3.63, 3.8) is 0 Å². The molecule has 0 aliphatic carbocycles. The number of benzene rings is 1. The third kappa shape index (κ3) is 6.30. The Bertz CT molecular complexity index is 837. The highest BCUT2D eigenvalue weighted by atomic mass is 16.5. The topological polar surface area (TPSA) is 96.6 Å². The summed E-state index contributed by atoms with van der Waals surface area (Å²) in [7, 11) is 0. The molecule has 0 unspecified atom stereocenters. The lowest BCUT2D eigenvalue weighted by Crippen LogP contribution is -2.25. The summed E-state index contributed by atoms with van der Waals surface area (Å²) in [5.74, 6) is 0.762. The Morgan fingerprint density at radius 3 is 2.52 bits per heavy atom. The van der Waals surface area contributed by atoms with Gasteiger partial charge in [0.1, 0.15) is 5.69 Å². The molecule has 1 aliphatic heterocycles. The van der Waals surface area contributed by atoms with E-state index in [-0.39, 0.29) is 11.8 Å². The lowest BCUT2D eigenvalue weighted by atomic mass is 10.1. The molecular formula is C23H34N6O2. The molecule has 1 amide bonds. The summed E-state index contributed by atoms with van der Waals surface area (Å²) in [5.41, 5.74) is 9.01. The Morgan fingerprint density at radius 2 is 1.87 bits per heavy atom. The van der Waals surface area contributed by atoms with Gasteiger partial charge in [-0.3, -0.25) is 9.69 Å². The lowest BCUT2D eigenvalue weighted by Gasteiger charge is -2.25. The molecule has 8 heteroatoms. The first-order valence-electron chi connectivity index (χ1n) is 11.2. The first kappa shape index (κ1) is 22.8. The molecule has 2 aromatic rings. The number of nitrogen functional groups attached to an aromatic ring is 1. The van der Waals surface area contributed by atoms with E-state index in [9.17, 15) is 4.79 Å². The highest BCUT2D eigenvalue weighted by molar-refractivity contribution is 5.86. The molecule has 31 heavy (non-hydrogen) atoms. The smallest absolute Gasteiger partial charge is 0.320 e. The first-order chi connectivity index (χ1) is 15.1. The SMILES string of the molecule is CCCCOc1nc(N)c(NC=O)c(N(CC)Cc2ccc(CN3CCCC3)cc2)n1. The predicted octanol–water partition coefficient (Wildman–Crippen LogP) is 3.43. The standard InChI is InChI=1S/C23H34N6O2/c1-3-5-14-31-23-26-21(24)20(25-17-30)22(27-23)29(4-2)16-19-10-8-18(9-11-19)15-28-12-6-7-13-28/h8-11,17H,3-7,12-16H2,1-2H3,(H,25,30)(H2,24,26,27). The van der Waals surface area contributed by atoms with Crippen molar-refractivity contribution in [2.45, 2.75) is 52.6 Å². The number of anilines is 3. The van der Waals surface area contributed by atoms with Gasteiger partial charge in [0, 0.05) is 19.6 Å². The summed E-state index contributed by atoms with van der Waals surface area (Å²) in [6, 6.07) is 8.94. The predicted molar refractivity (Wildman–Crippen MR) is 124 cm³/mol. The molecule has 0 bridgehead atoms. The first-order valence-corrected chi connectivity index (χ1v) is 11.2. The van der Waals surface area contributed by atoms with Crippen LogP contribution >= 0.6 is 0 Å². The lowest BCUT2D eigenvalue weighted by molar-refractivity contribution is -0.105. The van der Waals surface area contributed by atoms with Crippen molar-refractivity contribution in [2.75, 3.05) is 42.2 Å². The normalized spacial score (nSPS) is 13.9. The number of carbonyl (C=O) groups excluding carboxylic acids is 1. The van der Waals surface area contributed by atoms with Crippen LogP contribution in [0.4, 0.5) is 17.3 Å². The van der Waals surface area contributed by atoms with E-state index in [1.165, 1.54) is 31.5 Å². The molecule has 3 rings (SSSR count). The van der Waals surface area contributed by atoms with Gasteiger partial charge >= 0.3 is 6.01 Å².